The summed E-state index contributed by atoms with van der Waals surface area (Å²) in [6, 6.07) is 3.94. The van der Waals surface area contributed by atoms with E-state index in [0.717, 1.165) is 0 Å². The monoisotopic (exact) mass is 381 g/mol. The van der Waals surface area contributed by atoms with Gasteiger partial charge in [-0.1, -0.05) is 24.6 Å². The topological polar surface area (TPSA) is 38.1 Å². The Morgan fingerprint density at radius 3 is 2.46 bits per heavy atom. The molecule has 0 aliphatic carbocycles. The maximum Gasteiger partial charge on any atom is 0.258 e. The number of aryl methyl sites for hydroxylation is 2. The fourth-order valence-corrected chi connectivity index (χ4v) is 3.76. The number of carbonyl (C=O) groups excluding carboxylic acids is 1. The second kappa shape index (κ2) is 7.74. The number of nitrogens with zero attached hydrogens (tertiary/aromatic N) is 3. The summed E-state index contributed by atoms with van der Waals surface area (Å²) in [7, 11) is 1.72. The van der Waals surface area contributed by atoms with E-state index in [-0.39, 0.29) is 17.4 Å². The van der Waals surface area contributed by atoms with Crippen LogP contribution in [0.25, 0.3) is 0 Å². The lowest BCUT2D eigenvalue weighted by molar-refractivity contribution is 0.0688. The van der Waals surface area contributed by atoms with Crippen LogP contribution in [0.2, 0.25) is 5.15 Å². The molecule has 4 nitrogen and oxygen atoms in total. The van der Waals surface area contributed by atoms with E-state index in [1.54, 1.807) is 11.9 Å². The number of aromatic nitrogens is 2. The Balaban J connectivity index is 1.66. The third-order valence-electron chi connectivity index (χ3n) is 5.05. The van der Waals surface area contributed by atoms with E-state index in [4.69, 9.17) is 11.6 Å². The lowest BCUT2D eigenvalue weighted by Crippen LogP contribution is -2.39. The molecule has 0 radical (unpaired) electrons. The Morgan fingerprint density at radius 2 is 1.88 bits per heavy atom. The van der Waals surface area contributed by atoms with Crippen LogP contribution in [-0.2, 0) is 19.9 Å². The number of hydrogen-bond donors (Lipinski definition) is 0. The molecule has 1 aromatic carbocycles. The lowest BCUT2D eigenvalue weighted by atomic mass is 9.89. The third kappa shape index (κ3) is 3.61. The molecule has 0 bridgehead atoms. The van der Waals surface area contributed by atoms with E-state index >= 15 is 0 Å². The molecule has 2 aromatic rings. The molecule has 1 saturated heterocycles. The van der Waals surface area contributed by atoms with Crippen molar-refractivity contribution in [2.45, 2.75) is 32.6 Å². The number of halogens is 3. The first kappa shape index (κ1) is 18.8. The van der Waals surface area contributed by atoms with Crippen LogP contribution in [-0.4, -0.2) is 33.7 Å². The Kier molecular flexibility index (Phi) is 5.61. The first-order chi connectivity index (χ1) is 12.4. The second-order valence-electron chi connectivity index (χ2n) is 6.73. The van der Waals surface area contributed by atoms with Crippen LogP contribution in [0.15, 0.2) is 18.2 Å². The molecule has 1 aromatic heterocycles. The smallest absolute Gasteiger partial charge is 0.258 e. The average Bonchev–Trinajstić information content (AvgIpc) is 2.92. The average molecular weight is 382 g/mol. The summed E-state index contributed by atoms with van der Waals surface area (Å²) in [4.78, 5) is 14.6. The number of benzene rings is 1. The van der Waals surface area contributed by atoms with Gasteiger partial charge in [-0.3, -0.25) is 9.48 Å². The van der Waals surface area contributed by atoms with Gasteiger partial charge in [0.05, 0.1) is 11.3 Å². The molecule has 2 heterocycles. The Morgan fingerprint density at radius 1 is 1.27 bits per heavy atom. The van der Waals surface area contributed by atoms with Crippen LogP contribution in [0, 0.1) is 17.6 Å². The predicted molar refractivity (Wildman–Crippen MR) is 96.3 cm³/mol. The number of amides is 1. The second-order valence-corrected chi connectivity index (χ2v) is 7.09. The number of hydrogen-bond acceptors (Lipinski definition) is 2. The van der Waals surface area contributed by atoms with Crippen LogP contribution in [0.4, 0.5) is 8.78 Å². The first-order valence-electron chi connectivity index (χ1n) is 8.85. The summed E-state index contributed by atoms with van der Waals surface area (Å²) >= 11 is 6.25. The van der Waals surface area contributed by atoms with Gasteiger partial charge >= 0.3 is 0 Å². The fourth-order valence-electron chi connectivity index (χ4n) is 3.53. The molecule has 1 aliphatic rings. The van der Waals surface area contributed by atoms with E-state index in [1.807, 2.05) is 6.92 Å². The molecular formula is C19H22ClF2N3O. The fraction of sp³-hybridized carbons (Fsp3) is 0.474. The van der Waals surface area contributed by atoms with Crippen LogP contribution < -0.4 is 0 Å². The van der Waals surface area contributed by atoms with Gasteiger partial charge in [-0.05, 0) is 43.7 Å². The van der Waals surface area contributed by atoms with Gasteiger partial charge in [0.25, 0.3) is 5.91 Å². The van der Waals surface area contributed by atoms with Crippen molar-refractivity contribution in [2.24, 2.45) is 13.0 Å². The first-order valence-corrected chi connectivity index (χ1v) is 9.23. The molecule has 0 atom stereocenters. The molecule has 0 N–H and O–H groups in total. The summed E-state index contributed by atoms with van der Waals surface area (Å²) in [5, 5.41) is 4.64. The summed E-state index contributed by atoms with van der Waals surface area (Å²) in [6.07, 6.45) is 2.40. The highest BCUT2D eigenvalue weighted by Crippen LogP contribution is 2.27. The van der Waals surface area contributed by atoms with Crippen molar-refractivity contribution in [3.63, 3.8) is 0 Å². The van der Waals surface area contributed by atoms with Crippen LogP contribution >= 0.6 is 11.6 Å². The van der Waals surface area contributed by atoms with Crippen molar-refractivity contribution >= 4 is 17.5 Å². The van der Waals surface area contributed by atoms with Gasteiger partial charge in [0.2, 0.25) is 0 Å². The largest absolute Gasteiger partial charge is 0.338 e. The Bertz CT molecular complexity index is 793. The molecule has 140 valence electrons. The summed E-state index contributed by atoms with van der Waals surface area (Å²) < 4.78 is 29.2. The summed E-state index contributed by atoms with van der Waals surface area (Å²) in [5.41, 5.74) is 1.30. The van der Waals surface area contributed by atoms with Crippen molar-refractivity contribution in [3.05, 3.63) is 51.8 Å². The Labute approximate surface area is 156 Å². The summed E-state index contributed by atoms with van der Waals surface area (Å²) in [5.74, 6) is -0.965. The van der Waals surface area contributed by atoms with Crippen molar-refractivity contribution in [1.29, 1.82) is 0 Å². The van der Waals surface area contributed by atoms with Gasteiger partial charge in [-0.25, -0.2) is 8.78 Å². The molecule has 1 fully saturated rings. The zero-order valence-corrected chi connectivity index (χ0v) is 15.7. The zero-order chi connectivity index (χ0) is 18.8. The zero-order valence-electron chi connectivity index (χ0n) is 14.9. The van der Waals surface area contributed by atoms with E-state index in [0.29, 0.717) is 55.2 Å². The van der Waals surface area contributed by atoms with Crippen molar-refractivity contribution in [3.8, 4) is 0 Å². The number of piperidine rings is 1. The quantitative estimate of drug-likeness (QED) is 0.802. The molecule has 0 saturated carbocycles. The van der Waals surface area contributed by atoms with Crippen LogP contribution in [0.3, 0.4) is 0 Å². The summed E-state index contributed by atoms with van der Waals surface area (Å²) in [6.45, 7) is 3.03. The van der Waals surface area contributed by atoms with Crippen molar-refractivity contribution < 1.29 is 13.6 Å². The third-order valence-corrected chi connectivity index (χ3v) is 5.49. The number of likely N-dealkylation sites (tertiary alicyclic amines) is 1. The van der Waals surface area contributed by atoms with Gasteiger partial charge in [0, 0.05) is 25.7 Å². The minimum atomic E-state index is -0.502. The highest BCUT2D eigenvalue weighted by Gasteiger charge is 2.29. The molecule has 1 aliphatic heterocycles. The van der Waals surface area contributed by atoms with Crippen LogP contribution in [0.1, 0.15) is 41.4 Å². The van der Waals surface area contributed by atoms with E-state index < -0.39 is 11.6 Å². The molecular weight excluding hydrogens is 360 g/mol. The van der Waals surface area contributed by atoms with Gasteiger partial charge in [0.15, 0.2) is 0 Å². The highest BCUT2D eigenvalue weighted by molar-refractivity contribution is 6.33. The lowest BCUT2D eigenvalue weighted by Gasteiger charge is -2.32. The molecule has 0 spiro atoms. The van der Waals surface area contributed by atoms with Crippen molar-refractivity contribution in [1.82, 2.24) is 14.7 Å². The number of rotatable bonds is 4. The molecule has 7 heteroatoms. The minimum absolute atomic E-state index is 0.115. The standard InChI is InChI=1S/C19H22ClF2N3O/c1-3-16-17(18(20)24(2)23-16)19(26)25-9-7-12(8-10-25)11-13-14(21)5-4-6-15(13)22/h4-6,12H,3,7-11H2,1-2H3. The predicted octanol–water partition coefficient (Wildman–Crippen LogP) is 4.01. The highest BCUT2D eigenvalue weighted by atomic mass is 35.5. The SMILES string of the molecule is CCc1nn(C)c(Cl)c1C(=O)N1CCC(Cc2c(F)cccc2F)CC1. The Hall–Kier alpha value is -1.95. The molecule has 0 unspecified atom stereocenters. The molecule has 1 amide bonds. The van der Waals surface area contributed by atoms with Crippen molar-refractivity contribution in [2.75, 3.05) is 13.1 Å². The van der Waals surface area contributed by atoms with E-state index in [2.05, 4.69) is 5.10 Å². The van der Waals surface area contributed by atoms with Gasteiger partial charge in [-0.2, -0.15) is 5.10 Å². The van der Waals surface area contributed by atoms with E-state index in [1.165, 1.54) is 22.9 Å². The van der Waals surface area contributed by atoms with Crippen LogP contribution in [0.5, 0.6) is 0 Å². The van der Waals surface area contributed by atoms with Gasteiger partial charge < -0.3 is 4.90 Å². The van der Waals surface area contributed by atoms with Gasteiger partial charge in [-0.15, -0.1) is 0 Å². The number of carbonyl (C=O) groups is 1. The maximum absolute atomic E-state index is 13.8. The molecule has 3 rings (SSSR count). The van der Waals surface area contributed by atoms with Gasteiger partial charge in [0.1, 0.15) is 16.8 Å². The maximum atomic E-state index is 13.8. The minimum Gasteiger partial charge on any atom is -0.338 e. The molecule has 26 heavy (non-hydrogen) atoms. The normalized spacial score (nSPS) is 15.5. The van der Waals surface area contributed by atoms with E-state index in [9.17, 15) is 13.6 Å².